The van der Waals surface area contributed by atoms with Crippen LogP contribution in [-0.4, -0.2) is 87.4 Å². The highest BCUT2D eigenvalue weighted by Gasteiger charge is 2.25. The van der Waals surface area contributed by atoms with Gasteiger partial charge >= 0.3 is 17.9 Å². The SMILES string of the molecule is CC/C=C\C/C=C\C/C=C\C/C=C\C/C=C\C/C=C\C/C=C\C/C=C\CCCCCCC(=O)OC(COC(=O)CCCCCCCCCCCCCCCCCCCCCCC/C=C\C/C=C\C/C=C\C/C=C\C/C=C\CC)COC(OCC[N+](C)(C)C)C(=O)O. The Morgan fingerprint density at radius 3 is 0.879 bits per heavy atom. The highest BCUT2D eigenvalue weighted by Crippen LogP contribution is 2.17. The third-order valence-electron chi connectivity index (χ3n) is 15.3. The number of unbranched alkanes of at least 4 members (excludes halogenated alkanes) is 25. The summed E-state index contributed by atoms with van der Waals surface area (Å²) in [7, 11) is 5.96. The van der Waals surface area contributed by atoms with Gasteiger partial charge in [0.25, 0.3) is 6.29 Å². The topological polar surface area (TPSA) is 108 Å². The van der Waals surface area contributed by atoms with Gasteiger partial charge in [-0.25, -0.2) is 4.79 Å². The molecule has 0 aliphatic carbocycles. The summed E-state index contributed by atoms with van der Waals surface area (Å²) >= 11 is 0. The number of ether oxygens (including phenoxy) is 4. The number of rotatable bonds is 66. The van der Waals surface area contributed by atoms with Crippen molar-refractivity contribution < 1.29 is 42.9 Å². The van der Waals surface area contributed by atoms with Gasteiger partial charge in [-0.05, 0) is 122 Å². The van der Waals surface area contributed by atoms with Crippen LogP contribution in [0.5, 0.6) is 0 Å². The molecule has 0 aliphatic rings. The molecule has 0 rings (SSSR count). The summed E-state index contributed by atoms with van der Waals surface area (Å²) in [6, 6.07) is 0. The van der Waals surface area contributed by atoms with Gasteiger partial charge in [0, 0.05) is 12.8 Å². The van der Waals surface area contributed by atoms with Crippen molar-refractivity contribution >= 4 is 17.9 Å². The molecule has 0 amide bonds. The summed E-state index contributed by atoms with van der Waals surface area (Å²) in [4.78, 5) is 37.7. The Hall–Kier alpha value is -5.09. The van der Waals surface area contributed by atoms with E-state index < -0.39 is 24.3 Å². The van der Waals surface area contributed by atoms with E-state index in [1.54, 1.807) is 0 Å². The van der Waals surface area contributed by atoms with Gasteiger partial charge in [0.2, 0.25) is 0 Å². The number of likely N-dealkylation sites (N-methyl/N-ethyl adjacent to an activating group) is 1. The van der Waals surface area contributed by atoms with Crippen LogP contribution in [-0.2, 0) is 33.3 Å². The molecule has 0 aliphatic heterocycles. The van der Waals surface area contributed by atoms with Crippen LogP contribution in [0.25, 0.3) is 0 Å². The van der Waals surface area contributed by atoms with Crippen LogP contribution in [0.2, 0.25) is 0 Å². The molecule has 0 aromatic rings. The predicted molar refractivity (Wildman–Crippen MR) is 391 cm³/mol. The first-order valence-electron chi connectivity index (χ1n) is 36.6. The van der Waals surface area contributed by atoms with Crippen LogP contribution < -0.4 is 0 Å². The van der Waals surface area contributed by atoms with Crippen LogP contribution in [0.15, 0.2) is 158 Å². The molecule has 0 saturated carbocycles. The average molecular weight is 1260 g/mol. The molecule has 0 heterocycles. The number of nitrogens with zero attached hydrogens (tertiary/aromatic N) is 1. The fraction of sp³-hybridized carbons (Fsp3) is 0.646. The molecule has 0 radical (unpaired) electrons. The molecule has 2 unspecified atom stereocenters. The van der Waals surface area contributed by atoms with Gasteiger partial charge < -0.3 is 28.5 Å². The number of carboxylic acid groups (broad SMARTS) is 1. The van der Waals surface area contributed by atoms with Crippen LogP contribution in [0, 0.1) is 0 Å². The van der Waals surface area contributed by atoms with Crippen molar-refractivity contribution in [3.8, 4) is 0 Å². The van der Waals surface area contributed by atoms with Gasteiger partial charge in [0.05, 0.1) is 34.4 Å². The maximum atomic E-state index is 12.9. The standard InChI is InChI=1S/C82H135NO8/c1-6-8-10-12-14-16-18-20-22-24-26-28-30-32-34-36-37-38-39-40-41-42-43-45-46-48-50-52-54-56-58-60-62-64-66-68-70-72-79(84)89-76-78(77-90-82(81(86)87)88-75-74-83(3,4)5)91-80(85)73-71-69-67-65-63-61-59-57-55-53-51-49-47-44-35-33-31-29-27-25-23-21-19-17-15-13-11-9-7-2/h8-11,14-17,20-23,26-29,32-35,47,49,53,55,59,61,78,82H,6-7,12-13,18-19,24-25,30-31,36-46,48,50-52,54,56-58,60,62-77H2,1-5H3/p+1/b10-8-,11-9-,16-14-,17-15-,22-20-,23-21-,28-26-,29-27-,34-32-,35-33-,49-47-,55-53-,61-59-. The molecule has 0 spiro atoms. The Bertz CT molecular complexity index is 2060. The van der Waals surface area contributed by atoms with E-state index in [0.29, 0.717) is 17.4 Å². The molecule has 0 saturated heterocycles. The maximum absolute atomic E-state index is 12.9. The van der Waals surface area contributed by atoms with Gasteiger partial charge in [0.15, 0.2) is 6.10 Å². The molecule has 1 N–H and O–H groups in total. The van der Waals surface area contributed by atoms with E-state index in [0.717, 1.165) is 128 Å². The van der Waals surface area contributed by atoms with E-state index in [4.69, 9.17) is 18.9 Å². The van der Waals surface area contributed by atoms with Crippen LogP contribution in [0.1, 0.15) is 284 Å². The molecule has 0 fully saturated rings. The molecule has 9 heteroatoms. The van der Waals surface area contributed by atoms with Gasteiger partial charge in [-0.3, -0.25) is 9.59 Å². The zero-order chi connectivity index (χ0) is 66.1. The Balaban J connectivity index is 4.13. The van der Waals surface area contributed by atoms with E-state index in [2.05, 4.69) is 172 Å². The molecule has 2 atom stereocenters. The molecular formula is C82H136NO8+. The first-order valence-corrected chi connectivity index (χ1v) is 36.6. The minimum atomic E-state index is -1.53. The van der Waals surface area contributed by atoms with E-state index in [1.807, 2.05) is 21.1 Å². The van der Waals surface area contributed by atoms with Crippen molar-refractivity contribution in [2.24, 2.45) is 0 Å². The summed E-state index contributed by atoms with van der Waals surface area (Å²) in [5.41, 5.74) is 0. The van der Waals surface area contributed by atoms with Crippen molar-refractivity contribution in [1.82, 2.24) is 0 Å². The smallest absolute Gasteiger partial charge is 0.361 e. The number of esters is 2. The highest BCUT2D eigenvalue weighted by atomic mass is 16.7. The van der Waals surface area contributed by atoms with E-state index in [9.17, 15) is 19.5 Å². The van der Waals surface area contributed by atoms with Gasteiger partial charge in [-0.2, -0.15) is 0 Å². The zero-order valence-electron chi connectivity index (χ0n) is 58.9. The van der Waals surface area contributed by atoms with E-state index >= 15 is 0 Å². The number of aliphatic carboxylic acids is 1. The molecule has 9 nitrogen and oxygen atoms in total. The third kappa shape index (κ3) is 72.2. The Morgan fingerprint density at radius 2 is 0.593 bits per heavy atom. The number of carboxylic acids is 1. The summed E-state index contributed by atoms with van der Waals surface area (Å²) in [5, 5.41) is 9.75. The monoisotopic (exact) mass is 1260 g/mol. The van der Waals surface area contributed by atoms with Crippen molar-refractivity contribution in [3.63, 3.8) is 0 Å². The predicted octanol–water partition coefficient (Wildman–Crippen LogP) is 23.2. The maximum Gasteiger partial charge on any atom is 0.361 e. The molecule has 0 aromatic carbocycles. The lowest BCUT2D eigenvalue weighted by atomic mass is 10.0. The van der Waals surface area contributed by atoms with Gasteiger partial charge in [-0.1, -0.05) is 307 Å². The number of hydrogen-bond acceptors (Lipinski definition) is 7. The Labute approximate surface area is 559 Å². The third-order valence-corrected chi connectivity index (χ3v) is 15.3. The second kappa shape index (κ2) is 70.8. The van der Waals surface area contributed by atoms with Gasteiger partial charge in [-0.15, -0.1) is 0 Å². The summed E-state index contributed by atoms with van der Waals surface area (Å²) in [6.07, 6.45) is 102. The summed E-state index contributed by atoms with van der Waals surface area (Å²) in [6.45, 7) is 4.62. The van der Waals surface area contributed by atoms with E-state index in [1.165, 1.54) is 122 Å². The largest absolute Gasteiger partial charge is 0.477 e. The fourth-order valence-corrected chi connectivity index (χ4v) is 9.76. The molecule has 91 heavy (non-hydrogen) atoms. The number of carbonyl (C=O) groups excluding carboxylic acids is 2. The highest BCUT2D eigenvalue weighted by molar-refractivity contribution is 5.71. The van der Waals surface area contributed by atoms with Crippen molar-refractivity contribution in [2.75, 3.05) is 47.5 Å². The molecule has 516 valence electrons. The van der Waals surface area contributed by atoms with Crippen LogP contribution >= 0.6 is 0 Å². The second-order valence-electron chi connectivity index (χ2n) is 25.1. The molecular weight excluding hydrogens is 1130 g/mol. The van der Waals surface area contributed by atoms with Crippen LogP contribution in [0.3, 0.4) is 0 Å². The number of allylic oxidation sites excluding steroid dienone is 26. The Kier molecular flexibility index (Phi) is 66.8. The zero-order valence-corrected chi connectivity index (χ0v) is 58.9. The lowest BCUT2D eigenvalue weighted by Gasteiger charge is -2.25. The number of hydrogen-bond donors (Lipinski definition) is 1. The van der Waals surface area contributed by atoms with Crippen LogP contribution in [0.4, 0.5) is 0 Å². The average Bonchev–Trinajstić information content (AvgIpc) is 3.66. The van der Waals surface area contributed by atoms with Crippen molar-refractivity contribution in [3.05, 3.63) is 158 Å². The summed E-state index contributed by atoms with van der Waals surface area (Å²) in [5.74, 6) is -2.04. The lowest BCUT2D eigenvalue weighted by Crippen LogP contribution is -2.40. The molecule has 0 bridgehead atoms. The van der Waals surface area contributed by atoms with E-state index in [-0.39, 0.29) is 38.6 Å². The number of carbonyl (C=O) groups is 3. The summed E-state index contributed by atoms with van der Waals surface area (Å²) < 4.78 is 23.0. The minimum Gasteiger partial charge on any atom is -0.477 e. The first kappa shape index (κ1) is 85.9. The molecule has 0 aromatic heterocycles. The Morgan fingerprint density at radius 1 is 0.330 bits per heavy atom. The normalized spacial score (nSPS) is 13.6. The lowest BCUT2D eigenvalue weighted by molar-refractivity contribution is -0.870. The van der Waals surface area contributed by atoms with Crippen molar-refractivity contribution in [2.45, 2.75) is 296 Å². The minimum absolute atomic E-state index is 0.176. The first-order chi connectivity index (χ1) is 44.6. The quantitative estimate of drug-likeness (QED) is 0.0211. The number of quaternary nitrogens is 1. The van der Waals surface area contributed by atoms with Crippen molar-refractivity contribution in [1.29, 1.82) is 0 Å². The second-order valence-corrected chi connectivity index (χ2v) is 25.1. The van der Waals surface area contributed by atoms with Gasteiger partial charge in [0.1, 0.15) is 13.2 Å². The fourth-order valence-electron chi connectivity index (χ4n) is 9.76.